The second-order valence-corrected chi connectivity index (χ2v) is 10.1. The average molecular weight is 458 g/mol. The lowest BCUT2D eigenvalue weighted by atomic mass is 10.2. The van der Waals surface area contributed by atoms with E-state index in [0.717, 1.165) is 16.9 Å². The number of hydrogen-bond donors (Lipinski definition) is 0. The van der Waals surface area contributed by atoms with Gasteiger partial charge in [0.15, 0.2) is 5.65 Å². The summed E-state index contributed by atoms with van der Waals surface area (Å²) in [6, 6.07) is 6.08. The summed E-state index contributed by atoms with van der Waals surface area (Å²) in [4.78, 5) is 25.8. The van der Waals surface area contributed by atoms with E-state index in [2.05, 4.69) is 20.0 Å². The Bertz CT molecular complexity index is 1250. The molecule has 3 aromatic rings. The first-order valence-electron chi connectivity index (χ1n) is 10.4. The number of anilines is 1. The largest absolute Gasteiger partial charge is 0.352 e. The number of amides is 1. The number of aromatic nitrogens is 4. The number of hydrogen-bond acceptors (Lipinski definition) is 7. The number of carbonyl (C=O) groups excluding carboxylic acids is 1. The van der Waals surface area contributed by atoms with Crippen LogP contribution in [-0.2, 0) is 17.1 Å². The standard InChI is InChI=1S/C21H27N7O3S/c1-15(2)26(4)32(30,31)17-7-5-6-16(12-17)21(29)28-10-8-27(9-11-28)20-18-13-24-25(3)19(18)22-14-23-20/h5-7,12-15H,8-11H2,1-4H3. The van der Waals surface area contributed by atoms with Gasteiger partial charge in [-0.3, -0.25) is 9.48 Å². The highest BCUT2D eigenvalue weighted by Gasteiger charge is 2.27. The zero-order valence-electron chi connectivity index (χ0n) is 18.6. The van der Waals surface area contributed by atoms with Crippen molar-refractivity contribution in [3.8, 4) is 0 Å². The van der Waals surface area contributed by atoms with Crippen LogP contribution in [0.15, 0.2) is 41.7 Å². The molecule has 1 fully saturated rings. The quantitative estimate of drug-likeness (QED) is 0.570. The number of sulfonamides is 1. The van der Waals surface area contributed by atoms with E-state index in [1.54, 1.807) is 35.0 Å². The molecule has 0 bridgehead atoms. The summed E-state index contributed by atoms with van der Waals surface area (Å²) >= 11 is 0. The van der Waals surface area contributed by atoms with Gasteiger partial charge < -0.3 is 9.80 Å². The molecular formula is C21H27N7O3S. The van der Waals surface area contributed by atoms with Gasteiger partial charge in [0.05, 0.1) is 16.5 Å². The van der Waals surface area contributed by atoms with Crippen LogP contribution in [0, 0.1) is 0 Å². The van der Waals surface area contributed by atoms with Crippen LogP contribution < -0.4 is 4.90 Å². The lowest BCUT2D eigenvalue weighted by Crippen LogP contribution is -2.49. The number of carbonyl (C=O) groups is 1. The fourth-order valence-corrected chi connectivity index (χ4v) is 5.15. The van der Waals surface area contributed by atoms with Gasteiger partial charge in [-0.25, -0.2) is 18.4 Å². The predicted molar refractivity (Wildman–Crippen MR) is 121 cm³/mol. The maximum absolute atomic E-state index is 13.1. The number of aryl methyl sites for hydroxylation is 1. The third-order valence-electron chi connectivity index (χ3n) is 5.86. The zero-order chi connectivity index (χ0) is 23.0. The van der Waals surface area contributed by atoms with E-state index in [0.29, 0.717) is 31.7 Å². The molecule has 4 rings (SSSR count). The van der Waals surface area contributed by atoms with Gasteiger partial charge in [-0.15, -0.1) is 0 Å². The summed E-state index contributed by atoms with van der Waals surface area (Å²) in [5.74, 6) is 0.628. The minimum atomic E-state index is -3.66. The van der Waals surface area contributed by atoms with Crippen LogP contribution in [0.2, 0.25) is 0 Å². The number of piperazine rings is 1. The van der Waals surface area contributed by atoms with Gasteiger partial charge in [0.2, 0.25) is 10.0 Å². The number of nitrogens with zero attached hydrogens (tertiary/aromatic N) is 7. The summed E-state index contributed by atoms with van der Waals surface area (Å²) in [6.45, 7) is 5.86. The topological polar surface area (TPSA) is 105 Å². The molecule has 0 N–H and O–H groups in total. The molecule has 170 valence electrons. The molecule has 0 atom stereocenters. The number of fused-ring (bicyclic) bond motifs is 1. The average Bonchev–Trinajstić information content (AvgIpc) is 3.19. The molecule has 0 aliphatic carbocycles. The van der Waals surface area contributed by atoms with Crippen molar-refractivity contribution in [1.29, 1.82) is 0 Å². The van der Waals surface area contributed by atoms with Gasteiger partial charge in [0, 0.05) is 51.9 Å². The van der Waals surface area contributed by atoms with Crippen LogP contribution in [0.4, 0.5) is 5.82 Å². The lowest BCUT2D eigenvalue weighted by Gasteiger charge is -2.35. The summed E-state index contributed by atoms with van der Waals surface area (Å²) in [5, 5.41) is 5.13. The Labute approximate surface area is 187 Å². The van der Waals surface area contributed by atoms with Gasteiger partial charge in [0.25, 0.3) is 5.91 Å². The maximum atomic E-state index is 13.1. The first-order valence-corrected chi connectivity index (χ1v) is 11.9. The molecule has 1 aromatic carbocycles. The van der Waals surface area contributed by atoms with Crippen molar-refractivity contribution in [3.05, 3.63) is 42.4 Å². The molecule has 32 heavy (non-hydrogen) atoms. The SMILES string of the molecule is CC(C)N(C)S(=O)(=O)c1cccc(C(=O)N2CCN(c3ncnc4c3cnn4C)CC2)c1. The van der Waals surface area contributed by atoms with Crippen molar-refractivity contribution in [2.24, 2.45) is 7.05 Å². The molecule has 0 saturated carbocycles. The molecular weight excluding hydrogens is 430 g/mol. The van der Waals surface area contributed by atoms with Crippen molar-refractivity contribution in [2.45, 2.75) is 24.8 Å². The highest BCUT2D eigenvalue weighted by atomic mass is 32.2. The molecule has 0 unspecified atom stereocenters. The fraction of sp³-hybridized carbons (Fsp3) is 0.429. The van der Waals surface area contributed by atoms with Gasteiger partial charge >= 0.3 is 0 Å². The van der Waals surface area contributed by atoms with Crippen molar-refractivity contribution < 1.29 is 13.2 Å². The smallest absolute Gasteiger partial charge is 0.254 e. The Balaban J connectivity index is 1.49. The third kappa shape index (κ3) is 3.93. The molecule has 1 aliphatic rings. The molecule has 2 aromatic heterocycles. The Hall–Kier alpha value is -3.05. The van der Waals surface area contributed by atoms with E-state index in [1.807, 2.05) is 20.9 Å². The number of rotatable bonds is 5. The van der Waals surface area contributed by atoms with Gasteiger partial charge in [-0.1, -0.05) is 6.07 Å². The van der Waals surface area contributed by atoms with Crippen LogP contribution in [-0.4, -0.2) is 82.5 Å². The van der Waals surface area contributed by atoms with E-state index in [-0.39, 0.29) is 16.8 Å². The van der Waals surface area contributed by atoms with Crippen molar-refractivity contribution in [3.63, 3.8) is 0 Å². The highest BCUT2D eigenvalue weighted by molar-refractivity contribution is 7.89. The summed E-state index contributed by atoms with van der Waals surface area (Å²) < 4.78 is 28.6. The van der Waals surface area contributed by atoms with Crippen molar-refractivity contribution in [2.75, 3.05) is 38.1 Å². The second kappa shape index (κ2) is 8.47. The van der Waals surface area contributed by atoms with Crippen LogP contribution >= 0.6 is 0 Å². The summed E-state index contributed by atoms with van der Waals surface area (Å²) in [7, 11) is -0.278. The van der Waals surface area contributed by atoms with Crippen LogP contribution in [0.25, 0.3) is 11.0 Å². The van der Waals surface area contributed by atoms with E-state index >= 15 is 0 Å². The number of benzene rings is 1. The van der Waals surface area contributed by atoms with E-state index < -0.39 is 10.0 Å². The van der Waals surface area contributed by atoms with Gasteiger partial charge in [0.1, 0.15) is 12.1 Å². The Morgan fingerprint density at radius 3 is 2.53 bits per heavy atom. The van der Waals surface area contributed by atoms with E-state index in [9.17, 15) is 13.2 Å². The predicted octanol–water partition coefficient (Wildman–Crippen LogP) is 1.35. The fourth-order valence-electron chi connectivity index (χ4n) is 3.74. The maximum Gasteiger partial charge on any atom is 0.254 e. The van der Waals surface area contributed by atoms with Crippen LogP contribution in [0.3, 0.4) is 0 Å². The molecule has 0 spiro atoms. The first-order chi connectivity index (χ1) is 15.2. The Kier molecular flexibility index (Phi) is 5.87. The van der Waals surface area contributed by atoms with Crippen LogP contribution in [0.1, 0.15) is 24.2 Å². The normalized spacial score (nSPS) is 15.2. The first kappa shape index (κ1) is 22.2. The van der Waals surface area contributed by atoms with Gasteiger partial charge in [-0.2, -0.15) is 9.40 Å². The molecule has 11 heteroatoms. The van der Waals surface area contributed by atoms with Crippen molar-refractivity contribution in [1.82, 2.24) is 29.0 Å². The Morgan fingerprint density at radius 2 is 1.84 bits per heavy atom. The lowest BCUT2D eigenvalue weighted by molar-refractivity contribution is 0.0746. The third-order valence-corrected chi connectivity index (χ3v) is 7.89. The highest BCUT2D eigenvalue weighted by Crippen LogP contribution is 2.24. The molecule has 1 amide bonds. The summed E-state index contributed by atoms with van der Waals surface area (Å²) in [5.41, 5.74) is 1.13. The molecule has 1 aliphatic heterocycles. The Morgan fingerprint density at radius 1 is 1.12 bits per heavy atom. The molecule has 10 nitrogen and oxygen atoms in total. The monoisotopic (exact) mass is 457 g/mol. The molecule has 1 saturated heterocycles. The molecule has 0 radical (unpaired) electrons. The minimum Gasteiger partial charge on any atom is -0.352 e. The second-order valence-electron chi connectivity index (χ2n) is 8.12. The van der Waals surface area contributed by atoms with Gasteiger partial charge in [-0.05, 0) is 32.0 Å². The van der Waals surface area contributed by atoms with E-state index in [1.165, 1.54) is 22.8 Å². The van der Waals surface area contributed by atoms with Crippen molar-refractivity contribution >= 4 is 32.8 Å². The minimum absolute atomic E-state index is 0.123. The zero-order valence-corrected chi connectivity index (χ0v) is 19.4. The van der Waals surface area contributed by atoms with E-state index in [4.69, 9.17) is 0 Å². The van der Waals surface area contributed by atoms with Crippen LogP contribution in [0.5, 0.6) is 0 Å². The molecule has 3 heterocycles. The summed E-state index contributed by atoms with van der Waals surface area (Å²) in [6.07, 6.45) is 3.28.